The lowest BCUT2D eigenvalue weighted by molar-refractivity contribution is 0.930. The topological polar surface area (TPSA) is 0 Å². The van der Waals surface area contributed by atoms with Gasteiger partial charge < -0.3 is 0 Å². The Labute approximate surface area is 127 Å². The lowest BCUT2D eigenvalue weighted by Gasteiger charge is -2.20. The summed E-state index contributed by atoms with van der Waals surface area (Å²) in [7, 11) is 0. The Morgan fingerprint density at radius 3 is 1.00 bits per heavy atom. The molecule has 0 aliphatic heterocycles. The van der Waals surface area contributed by atoms with Crippen LogP contribution in [0.3, 0.4) is 0 Å². The summed E-state index contributed by atoms with van der Waals surface area (Å²) in [5.74, 6) is 0. The molecule has 0 saturated carbocycles. The summed E-state index contributed by atoms with van der Waals surface area (Å²) in [4.78, 5) is 0. The number of hydrogen-bond acceptors (Lipinski definition) is 0. The Morgan fingerprint density at radius 1 is 0.562 bits per heavy atom. The van der Waals surface area contributed by atoms with Crippen LogP contribution in [0.15, 0.2) is 0 Å². The minimum atomic E-state index is 1.16. The van der Waals surface area contributed by atoms with Gasteiger partial charge in [-0.15, -0.1) is 0 Å². The molecule has 1 rings (SSSR count). The van der Waals surface area contributed by atoms with Crippen molar-refractivity contribution in [1.82, 2.24) is 0 Å². The van der Waals surface area contributed by atoms with Crippen LogP contribution in [0, 0.1) is 7.14 Å². The minimum Gasteiger partial charge on any atom is -0.0613 e. The highest BCUT2D eigenvalue weighted by Gasteiger charge is 2.17. The molecular weight excluding hydrogens is 422 g/mol. The zero-order valence-corrected chi connectivity index (χ0v) is 14.9. The van der Waals surface area contributed by atoms with Crippen LogP contribution in [0.1, 0.15) is 49.9 Å². The molecule has 0 bridgehead atoms. The minimum absolute atomic E-state index is 1.16. The molecule has 0 atom stereocenters. The van der Waals surface area contributed by atoms with Crippen molar-refractivity contribution in [3.8, 4) is 0 Å². The molecule has 0 aromatic heterocycles. The van der Waals surface area contributed by atoms with Crippen molar-refractivity contribution in [2.75, 3.05) is 0 Å². The molecule has 0 saturated heterocycles. The Balaban J connectivity index is 3.61. The second-order valence-electron chi connectivity index (χ2n) is 3.96. The third kappa shape index (κ3) is 2.57. The predicted molar refractivity (Wildman–Crippen MR) is 89.4 cm³/mol. The first-order valence-electron chi connectivity index (χ1n) is 6.12. The predicted octanol–water partition coefficient (Wildman–Crippen LogP) is 5.15. The second kappa shape index (κ2) is 6.57. The van der Waals surface area contributed by atoms with Crippen LogP contribution in [0.5, 0.6) is 0 Å². The molecule has 0 heterocycles. The molecule has 0 fully saturated rings. The third-order valence-corrected chi connectivity index (χ3v) is 6.64. The van der Waals surface area contributed by atoms with Gasteiger partial charge in [0.05, 0.1) is 0 Å². The van der Waals surface area contributed by atoms with Crippen LogP contribution in [0.25, 0.3) is 0 Å². The van der Waals surface area contributed by atoms with Gasteiger partial charge >= 0.3 is 0 Å². The highest BCUT2D eigenvalue weighted by Crippen LogP contribution is 2.32. The Kier molecular flexibility index (Phi) is 6.05. The fourth-order valence-electron chi connectivity index (χ4n) is 2.48. The van der Waals surface area contributed by atoms with E-state index in [9.17, 15) is 0 Å². The van der Waals surface area contributed by atoms with Crippen molar-refractivity contribution >= 4 is 45.2 Å². The van der Waals surface area contributed by atoms with Gasteiger partial charge in [0.2, 0.25) is 0 Å². The van der Waals surface area contributed by atoms with Crippen molar-refractivity contribution in [1.29, 1.82) is 0 Å². The SMILES string of the molecule is CCc1c(I)c(I)c(CC)c(CC)c1CC. The molecule has 0 amide bonds. The van der Waals surface area contributed by atoms with E-state index in [1.807, 2.05) is 0 Å². The molecule has 1 aromatic rings. The van der Waals surface area contributed by atoms with E-state index in [4.69, 9.17) is 0 Å². The standard InChI is InChI=1S/C14H20I2/c1-5-9-10(6-2)12(8-4)14(16)13(15)11(9)7-3/h5-8H2,1-4H3. The Morgan fingerprint density at radius 2 is 0.812 bits per heavy atom. The average molecular weight is 442 g/mol. The molecule has 0 aliphatic rings. The van der Waals surface area contributed by atoms with Crippen LogP contribution in [-0.4, -0.2) is 0 Å². The Bertz CT molecular complexity index is 344. The van der Waals surface area contributed by atoms with Gasteiger partial charge in [0.25, 0.3) is 0 Å². The van der Waals surface area contributed by atoms with E-state index in [2.05, 4.69) is 72.9 Å². The molecule has 0 radical (unpaired) electrons. The van der Waals surface area contributed by atoms with Gasteiger partial charge in [-0.1, -0.05) is 27.7 Å². The summed E-state index contributed by atoms with van der Waals surface area (Å²) in [6.07, 6.45) is 4.67. The fraction of sp³-hybridized carbons (Fsp3) is 0.571. The van der Waals surface area contributed by atoms with E-state index in [-0.39, 0.29) is 0 Å². The first kappa shape index (κ1) is 14.7. The average Bonchev–Trinajstić information content (AvgIpc) is 2.31. The molecule has 0 nitrogen and oxygen atoms in total. The summed E-state index contributed by atoms with van der Waals surface area (Å²) >= 11 is 5.06. The van der Waals surface area contributed by atoms with Crippen LogP contribution < -0.4 is 0 Å². The van der Waals surface area contributed by atoms with Gasteiger partial charge in [0, 0.05) is 7.14 Å². The van der Waals surface area contributed by atoms with Crippen molar-refractivity contribution in [2.45, 2.75) is 53.4 Å². The van der Waals surface area contributed by atoms with Gasteiger partial charge in [-0.2, -0.15) is 0 Å². The largest absolute Gasteiger partial charge is 0.0613 e. The lowest BCUT2D eigenvalue weighted by atomic mass is 9.90. The van der Waals surface area contributed by atoms with E-state index in [0.29, 0.717) is 0 Å². The summed E-state index contributed by atoms with van der Waals surface area (Å²) < 4.78 is 2.98. The van der Waals surface area contributed by atoms with Gasteiger partial charge in [-0.25, -0.2) is 0 Å². The van der Waals surface area contributed by atoms with E-state index >= 15 is 0 Å². The quantitative estimate of drug-likeness (QED) is 0.567. The highest BCUT2D eigenvalue weighted by atomic mass is 127. The first-order valence-corrected chi connectivity index (χ1v) is 8.28. The summed E-state index contributed by atoms with van der Waals surface area (Å²) in [6, 6.07) is 0. The molecule has 0 aliphatic carbocycles. The molecule has 0 unspecified atom stereocenters. The maximum atomic E-state index is 2.53. The van der Waals surface area contributed by atoms with Crippen molar-refractivity contribution in [3.05, 3.63) is 29.4 Å². The maximum absolute atomic E-state index is 2.53. The van der Waals surface area contributed by atoms with Crippen LogP contribution in [0.2, 0.25) is 0 Å². The van der Waals surface area contributed by atoms with E-state index < -0.39 is 0 Å². The molecular formula is C14H20I2. The van der Waals surface area contributed by atoms with Crippen LogP contribution in [-0.2, 0) is 25.7 Å². The summed E-state index contributed by atoms with van der Waals surface area (Å²) in [5.41, 5.74) is 6.40. The molecule has 1 aromatic carbocycles. The number of halogens is 2. The van der Waals surface area contributed by atoms with E-state index in [1.165, 1.54) is 20.0 Å². The fourth-order valence-corrected chi connectivity index (χ4v) is 4.55. The van der Waals surface area contributed by atoms with Gasteiger partial charge in [-0.05, 0) is 93.1 Å². The van der Waals surface area contributed by atoms with Crippen molar-refractivity contribution in [3.63, 3.8) is 0 Å². The van der Waals surface area contributed by atoms with Crippen LogP contribution in [0.4, 0.5) is 0 Å². The summed E-state index contributed by atoms with van der Waals surface area (Å²) in [6.45, 7) is 9.13. The molecule has 0 spiro atoms. The lowest BCUT2D eigenvalue weighted by Crippen LogP contribution is -2.08. The molecule has 90 valence electrons. The number of rotatable bonds is 4. The zero-order valence-electron chi connectivity index (χ0n) is 10.6. The normalized spacial score (nSPS) is 10.9. The molecule has 2 heteroatoms. The van der Waals surface area contributed by atoms with Crippen LogP contribution >= 0.6 is 45.2 Å². The second-order valence-corrected chi connectivity index (χ2v) is 6.11. The molecule has 0 N–H and O–H groups in total. The first-order chi connectivity index (χ1) is 7.62. The van der Waals surface area contributed by atoms with Gasteiger partial charge in [-0.3, -0.25) is 0 Å². The number of hydrogen-bond donors (Lipinski definition) is 0. The number of benzene rings is 1. The summed E-state index contributed by atoms with van der Waals surface area (Å²) in [5, 5.41) is 0. The van der Waals surface area contributed by atoms with E-state index in [0.717, 1.165) is 12.8 Å². The third-order valence-electron chi connectivity index (χ3n) is 3.23. The van der Waals surface area contributed by atoms with Crippen molar-refractivity contribution < 1.29 is 0 Å². The monoisotopic (exact) mass is 442 g/mol. The smallest absolute Gasteiger partial charge is 0.0301 e. The van der Waals surface area contributed by atoms with Gasteiger partial charge in [0.1, 0.15) is 0 Å². The highest BCUT2D eigenvalue weighted by molar-refractivity contribution is 14.1. The zero-order chi connectivity index (χ0) is 12.3. The maximum Gasteiger partial charge on any atom is 0.0301 e. The Hall–Kier alpha value is 0.680. The molecule has 16 heavy (non-hydrogen) atoms. The van der Waals surface area contributed by atoms with Gasteiger partial charge in [0.15, 0.2) is 0 Å². The van der Waals surface area contributed by atoms with Crippen molar-refractivity contribution in [2.24, 2.45) is 0 Å². The van der Waals surface area contributed by atoms with E-state index in [1.54, 1.807) is 22.3 Å².